The maximum absolute atomic E-state index is 13.5. The van der Waals surface area contributed by atoms with Crippen LogP contribution < -0.4 is 4.90 Å². The zero-order valence-corrected chi connectivity index (χ0v) is 21.9. The Morgan fingerprint density at radius 3 is 2.46 bits per heavy atom. The van der Waals surface area contributed by atoms with Crippen LogP contribution in [-0.2, 0) is 28.9 Å². The number of benzene rings is 1. The van der Waals surface area contributed by atoms with E-state index >= 15 is 0 Å². The molecule has 1 saturated heterocycles. The number of Topliss-reactive ketones (excluding diaryl/α,β-unsaturated/α-hetero) is 1. The summed E-state index contributed by atoms with van der Waals surface area (Å²) < 4.78 is 79.0. The molecule has 15 heteroatoms. The second kappa shape index (κ2) is 10.9. The van der Waals surface area contributed by atoms with E-state index in [2.05, 4.69) is 10.3 Å². The van der Waals surface area contributed by atoms with Crippen molar-refractivity contribution in [1.29, 1.82) is 5.26 Å². The van der Waals surface area contributed by atoms with E-state index in [1.807, 2.05) is 0 Å². The Kier molecular flexibility index (Phi) is 8.40. The van der Waals surface area contributed by atoms with E-state index in [9.17, 15) is 35.9 Å². The third-order valence-corrected chi connectivity index (χ3v) is 6.64. The summed E-state index contributed by atoms with van der Waals surface area (Å²) in [5.41, 5.74) is -2.77. The highest BCUT2D eigenvalue weighted by Gasteiger charge is 2.50. The molecule has 1 aromatic heterocycles. The van der Waals surface area contributed by atoms with Gasteiger partial charge in [0, 0.05) is 13.0 Å². The van der Waals surface area contributed by atoms with Crippen LogP contribution in [0.4, 0.5) is 32.0 Å². The zero-order valence-electron chi connectivity index (χ0n) is 21.1. The molecule has 1 atom stereocenters. The topological polar surface area (TPSA) is 95.1 Å². The SMILES string of the molecule is CC(CCn1cc(CN2C(=S)N(c3ccc(C#N)c(C(F)(F)F)c3)C(=O)C2(C)C)nn1)CC(=O)CC(F)(F)F. The van der Waals surface area contributed by atoms with Gasteiger partial charge in [-0.05, 0) is 56.6 Å². The molecule has 0 N–H and O–H groups in total. The first-order valence-electron chi connectivity index (χ1n) is 11.7. The highest BCUT2D eigenvalue weighted by atomic mass is 32.1. The summed E-state index contributed by atoms with van der Waals surface area (Å²) in [5, 5.41) is 17.0. The van der Waals surface area contributed by atoms with Crippen molar-refractivity contribution < 1.29 is 35.9 Å². The molecule has 0 spiro atoms. The first-order valence-corrected chi connectivity index (χ1v) is 12.1. The van der Waals surface area contributed by atoms with E-state index in [0.29, 0.717) is 18.2 Å². The van der Waals surface area contributed by atoms with Crippen LogP contribution >= 0.6 is 12.2 Å². The molecule has 0 saturated carbocycles. The molecule has 0 radical (unpaired) electrons. The van der Waals surface area contributed by atoms with Gasteiger partial charge in [0.05, 0.1) is 35.6 Å². The number of alkyl halides is 6. The summed E-state index contributed by atoms with van der Waals surface area (Å²) >= 11 is 5.45. The molecule has 3 rings (SSSR count). The number of ketones is 1. The predicted molar refractivity (Wildman–Crippen MR) is 130 cm³/mol. The van der Waals surface area contributed by atoms with Gasteiger partial charge in [0.25, 0.3) is 5.91 Å². The number of hydrogen-bond acceptors (Lipinski definition) is 6. The summed E-state index contributed by atoms with van der Waals surface area (Å²) in [6, 6.07) is 4.39. The molecule has 39 heavy (non-hydrogen) atoms. The van der Waals surface area contributed by atoms with Crippen LogP contribution in [0.5, 0.6) is 0 Å². The number of aryl methyl sites for hydroxylation is 1. The first-order chi connectivity index (χ1) is 17.9. The van der Waals surface area contributed by atoms with Crippen molar-refractivity contribution in [2.45, 2.75) is 71.0 Å². The Morgan fingerprint density at radius 2 is 1.87 bits per heavy atom. The monoisotopic (exact) mass is 574 g/mol. The maximum Gasteiger partial charge on any atom is 0.417 e. The predicted octanol–water partition coefficient (Wildman–Crippen LogP) is 5.02. The highest BCUT2D eigenvalue weighted by molar-refractivity contribution is 7.80. The van der Waals surface area contributed by atoms with Crippen LogP contribution in [0.15, 0.2) is 24.4 Å². The van der Waals surface area contributed by atoms with Crippen LogP contribution in [0.1, 0.15) is 56.9 Å². The average Bonchev–Trinajstić information content (AvgIpc) is 3.32. The van der Waals surface area contributed by atoms with Gasteiger partial charge in [-0.2, -0.15) is 31.6 Å². The van der Waals surface area contributed by atoms with E-state index in [4.69, 9.17) is 17.5 Å². The number of thiocarbonyl (C=S) groups is 1. The molecule has 210 valence electrons. The summed E-state index contributed by atoms with van der Waals surface area (Å²) in [6.07, 6.45) is -9.12. The minimum absolute atomic E-state index is 0.00387. The van der Waals surface area contributed by atoms with Crippen molar-refractivity contribution in [1.82, 2.24) is 19.9 Å². The number of anilines is 1. The lowest BCUT2D eigenvalue weighted by atomic mass is 9.99. The number of amides is 1. The molecular weight excluding hydrogens is 550 g/mol. The summed E-state index contributed by atoms with van der Waals surface area (Å²) in [4.78, 5) is 27.2. The second-order valence-corrected chi connectivity index (χ2v) is 10.2. The highest BCUT2D eigenvalue weighted by Crippen LogP contribution is 2.38. The number of halogens is 6. The fraction of sp³-hybridized carbons (Fsp3) is 0.500. The third kappa shape index (κ3) is 6.92. The zero-order chi connectivity index (χ0) is 29.3. The Balaban J connectivity index is 1.71. The van der Waals surface area contributed by atoms with Gasteiger partial charge in [0.15, 0.2) is 5.11 Å². The lowest BCUT2D eigenvalue weighted by Gasteiger charge is -2.28. The van der Waals surface area contributed by atoms with Crippen molar-refractivity contribution in [3.8, 4) is 6.07 Å². The van der Waals surface area contributed by atoms with Crippen LogP contribution in [0.25, 0.3) is 0 Å². The Morgan fingerprint density at radius 1 is 1.21 bits per heavy atom. The van der Waals surface area contributed by atoms with Gasteiger partial charge in [-0.1, -0.05) is 12.1 Å². The molecule has 1 amide bonds. The minimum atomic E-state index is -4.82. The molecule has 1 aliphatic rings. The normalized spacial score (nSPS) is 16.5. The van der Waals surface area contributed by atoms with Crippen LogP contribution in [-0.4, -0.2) is 48.4 Å². The quantitative estimate of drug-likeness (QED) is 0.307. The maximum atomic E-state index is 13.5. The van der Waals surface area contributed by atoms with Crippen molar-refractivity contribution in [2.75, 3.05) is 4.90 Å². The van der Waals surface area contributed by atoms with E-state index in [1.54, 1.807) is 27.0 Å². The van der Waals surface area contributed by atoms with E-state index in [1.165, 1.54) is 21.7 Å². The van der Waals surface area contributed by atoms with Gasteiger partial charge in [0.1, 0.15) is 23.4 Å². The standard InChI is InChI=1S/C24H24F6N6O2S/c1-14(8-18(37)10-23(25,26)27)6-7-34-12-16(32-33-34)13-35-21(39)36(20(38)22(35,2)3)17-5-4-15(11-31)19(9-17)24(28,29)30/h4-5,9,12,14H,6-8,10,13H2,1-3H3. The smallest absolute Gasteiger partial charge is 0.328 e. The lowest BCUT2D eigenvalue weighted by molar-refractivity contribution is -0.152. The number of aromatic nitrogens is 3. The third-order valence-electron chi connectivity index (χ3n) is 6.24. The van der Waals surface area contributed by atoms with E-state index in [0.717, 1.165) is 11.0 Å². The molecule has 1 fully saturated rings. The molecule has 2 aromatic rings. The van der Waals surface area contributed by atoms with Crippen LogP contribution in [0.2, 0.25) is 0 Å². The first kappa shape index (κ1) is 30.0. The van der Waals surface area contributed by atoms with E-state index in [-0.39, 0.29) is 36.2 Å². The molecule has 8 nitrogen and oxygen atoms in total. The fourth-order valence-electron chi connectivity index (χ4n) is 4.15. The largest absolute Gasteiger partial charge is 0.417 e. The molecule has 1 aliphatic heterocycles. The fourth-order valence-corrected chi connectivity index (χ4v) is 4.63. The Bertz CT molecular complexity index is 1310. The molecule has 1 aromatic carbocycles. The van der Waals surface area contributed by atoms with Crippen molar-refractivity contribution >= 4 is 34.7 Å². The minimum Gasteiger partial charge on any atom is -0.328 e. The lowest BCUT2D eigenvalue weighted by Crippen LogP contribution is -2.43. The number of carbonyl (C=O) groups is 2. The molecule has 0 aliphatic carbocycles. The van der Waals surface area contributed by atoms with Gasteiger partial charge in [-0.3, -0.25) is 19.2 Å². The van der Waals surface area contributed by atoms with E-state index < -0.39 is 47.1 Å². The van der Waals surface area contributed by atoms with Crippen molar-refractivity contribution in [3.63, 3.8) is 0 Å². The number of rotatable bonds is 9. The summed E-state index contributed by atoms with van der Waals surface area (Å²) in [7, 11) is 0. The molecule has 0 bridgehead atoms. The summed E-state index contributed by atoms with van der Waals surface area (Å²) in [6.45, 7) is 5.04. The number of hydrogen-bond donors (Lipinski definition) is 0. The van der Waals surface area contributed by atoms with Gasteiger partial charge >= 0.3 is 12.4 Å². The van der Waals surface area contributed by atoms with Crippen molar-refractivity contribution in [3.05, 3.63) is 41.2 Å². The Labute approximate surface area is 225 Å². The number of nitriles is 1. The van der Waals surface area contributed by atoms with Crippen LogP contribution in [0, 0.1) is 17.2 Å². The number of nitrogens with zero attached hydrogens (tertiary/aromatic N) is 6. The number of carbonyl (C=O) groups excluding carboxylic acids is 2. The van der Waals surface area contributed by atoms with Gasteiger partial charge in [-0.15, -0.1) is 5.10 Å². The molecular formula is C24H24F6N6O2S. The van der Waals surface area contributed by atoms with Crippen molar-refractivity contribution in [2.24, 2.45) is 5.92 Å². The second-order valence-electron chi connectivity index (χ2n) is 9.81. The average molecular weight is 575 g/mol. The Hall–Kier alpha value is -3.54. The summed E-state index contributed by atoms with van der Waals surface area (Å²) in [5.74, 6) is -1.79. The van der Waals surface area contributed by atoms with Gasteiger partial charge in [-0.25, -0.2) is 0 Å². The van der Waals surface area contributed by atoms with Crippen LogP contribution in [0.3, 0.4) is 0 Å². The molecule has 1 unspecified atom stereocenters. The molecule has 2 heterocycles. The van der Waals surface area contributed by atoms with Gasteiger partial charge in [0.2, 0.25) is 0 Å². The van der Waals surface area contributed by atoms with Gasteiger partial charge < -0.3 is 4.90 Å².